The van der Waals surface area contributed by atoms with E-state index < -0.39 is 29.4 Å². The van der Waals surface area contributed by atoms with Gasteiger partial charge in [0.1, 0.15) is 18.1 Å². The zero-order valence-corrected chi connectivity index (χ0v) is 14.8. The minimum absolute atomic E-state index is 0.196. The molecule has 3 aromatic rings. The van der Waals surface area contributed by atoms with Crippen molar-refractivity contribution in [3.8, 4) is 0 Å². The maximum atomic E-state index is 13.2. The van der Waals surface area contributed by atoms with Crippen molar-refractivity contribution in [3.63, 3.8) is 0 Å². The molecule has 1 aliphatic heterocycles. The van der Waals surface area contributed by atoms with Crippen molar-refractivity contribution in [2.24, 2.45) is 0 Å². The predicted octanol–water partition coefficient (Wildman–Crippen LogP) is 0.631. The Bertz CT molecular complexity index is 1160. The molecule has 144 valence electrons. The smallest absolute Gasteiger partial charge is 0.333 e. The van der Waals surface area contributed by atoms with Crippen molar-refractivity contribution in [2.75, 3.05) is 16.8 Å². The summed E-state index contributed by atoms with van der Waals surface area (Å²) in [4.78, 5) is 38.6. The van der Waals surface area contributed by atoms with Crippen LogP contribution in [0, 0.1) is 12.7 Å². The summed E-state index contributed by atoms with van der Waals surface area (Å²) < 4.78 is 20.1. The number of halogens is 1. The molecule has 0 atom stereocenters. The van der Waals surface area contributed by atoms with Crippen LogP contribution in [0.1, 0.15) is 5.76 Å². The number of nitrogens with one attached hydrogen (secondary N) is 1. The van der Waals surface area contributed by atoms with Gasteiger partial charge < -0.3 is 14.7 Å². The van der Waals surface area contributed by atoms with Crippen molar-refractivity contribution in [2.45, 2.75) is 20.0 Å². The zero-order valence-electron chi connectivity index (χ0n) is 14.8. The lowest BCUT2D eigenvalue weighted by molar-refractivity contribution is -0.117. The molecule has 10 nitrogen and oxygen atoms in total. The second kappa shape index (κ2) is 6.76. The first-order chi connectivity index (χ1) is 13.4. The number of benzene rings is 1. The van der Waals surface area contributed by atoms with Crippen LogP contribution in [0.25, 0.3) is 0 Å². The number of hydrogen-bond donors (Lipinski definition) is 1. The Balaban J connectivity index is 1.64. The largest absolute Gasteiger partial charge is 0.360 e. The molecule has 1 N–H and O–H groups in total. The standard InChI is InChI=1S/C17H15FN6O4/c1-10-8-13(21-28-10)19-14(25)9-24-16(27)15(26)23-7-6-22(17(23)20-24)12-4-2-11(18)3-5-12/h2-5,8H,6-7,9H2,1H3,(H,19,21,25). The summed E-state index contributed by atoms with van der Waals surface area (Å²) in [6.07, 6.45) is 0. The van der Waals surface area contributed by atoms with Gasteiger partial charge in [-0.3, -0.25) is 19.0 Å². The molecule has 4 rings (SSSR count). The molecule has 2 aromatic heterocycles. The number of rotatable bonds is 4. The van der Waals surface area contributed by atoms with E-state index in [0.717, 1.165) is 4.68 Å². The van der Waals surface area contributed by atoms with Crippen LogP contribution in [0.3, 0.4) is 0 Å². The van der Waals surface area contributed by atoms with E-state index in [1.165, 1.54) is 22.8 Å². The Hall–Kier alpha value is -3.76. The average Bonchev–Trinajstić information content (AvgIpc) is 3.26. The Morgan fingerprint density at radius 1 is 1.21 bits per heavy atom. The summed E-state index contributed by atoms with van der Waals surface area (Å²) in [5.41, 5.74) is -1.07. The van der Waals surface area contributed by atoms with Gasteiger partial charge in [-0.15, -0.1) is 5.10 Å². The molecule has 0 fully saturated rings. The number of anilines is 3. The molecule has 3 heterocycles. The number of fused-ring (bicyclic) bond motifs is 1. The van der Waals surface area contributed by atoms with E-state index >= 15 is 0 Å². The van der Waals surface area contributed by atoms with Crippen LogP contribution in [0.2, 0.25) is 0 Å². The van der Waals surface area contributed by atoms with Crippen molar-refractivity contribution >= 4 is 23.4 Å². The predicted molar refractivity (Wildman–Crippen MR) is 96.0 cm³/mol. The van der Waals surface area contributed by atoms with Crippen molar-refractivity contribution in [3.05, 3.63) is 62.6 Å². The van der Waals surface area contributed by atoms with Crippen molar-refractivity contribution < 1.29 is 13.7 Å². The van der Waals surface area contributed by atoms with Gasteiger partial charge in [-0.1, -0.05) is 5.16 Å². The number of aromatic nitrogens is 4. The summed E-state index contributed by atoms with van der Waals surface area (Å²) in [5, 5.41) is 10.3. The highest BCUT2D eigenvalue weighted by atomic mass is 19.1. The van der Waals surface area contributed by atoms with E-state index in [-0.39, 0.29) is 18.3 Å². The second-order valence-electron chi connectivity index (χ2n) is 6.22. The molecule has 0 radical (unpaired) electrons. The molecule has 0 aliphatic carbocycles. The first-order valence-electron chi connectivity index (χ1n) is 8.40. The van der Waals surface area contributed by atoms with E-state index in [9.17, 15) is 18.8 Å². The van der Waals surface area contributed by atoms with E-state index in [1.54, 1.807) is 24.0 Å². The molecule has 1 aliphatic rings. The summed E-state index contributed by atoms with van der Waals surface area (Å²) in [7, 11) is 0. The number of hydrogen-bond acceptors (Lipinski definition) is 7. The van der Waals surface area contributed by atoms with Crippen LogP contribution in [-0.4, -0.2) is 32.0 Å². The van der Waals surface area contributed by atoms with Gasteiger partial charge in [0, 0.05) is 24.8 Å². The highest BCUT2D eigenvalue weighted by Gasteiger charge is 2.26. The third kappa shape index (κ3) is 3.17. The summed E-state index contributed by atoms with van der Waals surface area (Å²) >= 11 is 0. The van der Waals surface area contributed by atoms with Crippen molar-refractivity contribution in [1.29, 1.82) is 0 Å². The van der Waals surface area contributed by atoms with Gasteiger partial charge in [-0.25, -0.2) is 9.07 Å². The molecule has 0 unspecified atom stereocenters. The lowest BCUT2D eigenvalue weighted by Crippen LogP contribution is -2.44. The number of nitrogens with zero attached hydrogens (tertiary/aromatic N) is 5. The van der Waals surface area contributed by atoms with Gasteiger partial charge in [-0.05, 0) is 31.2 Å². The normalized spacial score (nSPS) is 12.9. The third-order valence-electron chi connectivity index (χ3n) is 4.23. The van der Waals surface area contributed by atoms with Gasteiger partial charge in [0.25, 0.3) is 0 Å². The van der Waals surface area contributed by atoms with Crippen LogP contribution >= 0.6 is 0 Å². The van der Waals surface area contributed by atoms with E-state index in [2.05, 4.69) is 15.6 Å². The van der Waals surface area contributed by atoms with E-state index in [0.29, 0.717) is 18.0 Å². The Labute approximate surface area is 156 Å². The first-order valence-corrected chi connectivity index (χ1v) is 8.40. The molecular formula is C17H15FN6O4. The maximum absolute atomic E-state index is 13.2. The highest BCUT2D eigenvalue weighted by Crippen LogP contribution is 2.26. The molecule has 28 heavy (non-hydrogen) atoms. The van der Waals surface area contributed by atoms with Crippen molar-refractivity contribution in [1.82, 2.24) is 19.5 Å². The van der Waals surface area contributed by atoms with Gasteiger partial charge in [-0.2, -0.15) is 0 Å². The third-order valence-corrected chi connectivity index (χ3v) is 4.23. The minimum atomic E-state index is -0.906. The van der Waals surface area contributed by atoms with Gasteiger partial charge in [0.05, 0.1) is 0 Å². The number of carbonyl (C=O) groups is 1. The Kier molecular flexibility index (Phi) is 4.26. The van der Waals surface area contributed by atoms with Gasteiger partial charge in [0.15, 0.2) is 5.82 Å². The second-order valence-corrected chi connectivity index (χ2v) is 6.22. The molecule has 0 spiro atoms. The van der Waals surface area contributed by atoms with Crippen LogP contribution in [0.15, 0.2) is 44.4 Å². The number of aryl methyl sites for hydroxylation is 1. The summed E-state index contributed by atoms with van der Waals surface area (Å²) in [6.45, 7) is 1.85. The Morgan fingerprint density at radius 3 is 2.64 bits per heavy atom. The first kappa shape index (κ1) is 17.6. The lowest BCUT2D eigenvalue weighted by atomic mass is 10.3. The number of carbonyl (C=O) groups excluding carboxylic acids is 1. The Morgan fingerprint density at radius 2 is 1.96 bits per heavy atom. The quantitative estimate of drug-likeness (QED) is 0.654. The van der Waals surface area contributed by atoms with Crippen LogP contribution < -0.4 is 21.3 Å². The monoisotopic (exact) mass is 386 g/mol. The van der Waals surface area contributed by atoms with Crippen LogP contribution in [-0.2, 0) is 17.9 Å². The fourth-order valence-electron chi connectivity index (χ4n) is 2.94. The molecule has 11 heteroatoms. The van der Waals surface area contributed by atoms with Crippen LogP contribution in [0.5, 0.6) is 0 Å². The minimum Gasteiger partial charge on any atom is -0.360 e. The molecular weight excluding hydrogens is 371 g/mol. The van der Waals surface area contributed by atoms with E-state index in [4.69, 9.17) is 4.52 Å². The maximum Gasteiger partial charge on any atom is 0.333 e. The fraction of sp³-hybridized carbons (Fsp3) is 0.235. The number of amides is 1. The molecule has 0 saturated heterocycles. The van der Waals surface area contributed by atoms with Crippen LogP contribution in [0.4, 0.5) is 21.8 Å². The zero-order chi connectivity index (χ0) is 19.8. The fourth-order valence-corrected chi connectivity index (χ4v) is 2.94. The molecule has 0 bridgehead atoms. The SMILES string of the molecule is Cc1cc(NC(=O)Cn2nc3n(c(=O)c2=O)CCN3c2ccc(F)cc2)no1. The molecule has 0 saturated carbocycles. The summed E-state index contributed by atoms with van der Waals surface area (Å²) in [5.74, 6) is -0.0597. The average molecular weight is 386 g/mol. The van der Waals surface area contributed by atoms with Gasteiger partial charge >= 0.3 is 11.1 Å². The molecule has 1 aromatic carbocycles. The van der Waals surface area contributed by atoms with E-state index in [1.807, 2.05) is 0 Å². The topological polar surface area (TPSA) is 115 Å². The summed E-state index contributed by atoms with van der Waals surface area (Å²) in [6, 6.07) is 7.19. The van der Waals surface area contributed by atoms with Gasteiger partial charge in [0.2, 0.25) is 11.9 Å². The molecule has 1 amide bonds. The highest BCUT2D eigenvalue weighted by molar-refractivity contribution is 5.89. The lowest BCUT2D eigenvalue weighted by Gasteiger charge is -2.17.